The number of rotatable bonds is 8. The number of carbonyl (C=O) groups is 2. The van der Waals surface area contributed by atoms with Crippen LogP contribution in [0.15, 0.2) is 54.6 Å². The summed E-state index contributed by atoms with van der Waals surface area (Å²) in [6.45, 7) is 3.38. The summed E-state index contributed by atoms with van der Waals surface area (Å²) < 4.78 is 11.6. The zero-order valence-electron chi connectivity index (χ0n) is 15.3. The van der Waals surface area contributed by atoms with Crippen LogP contribution in [0.5, 0.6) is 0 Å². The predicted molar refractivity (Wildman–Crippen MR) is 100 cm³/mol. The molecule has 0 N–H and O–H groups in total. The number of carbonyl (C=O) groups excluding carboxylic acids is 2. The summed E-state index contributed by atoms with van der Waals surface area (Å²) >= 11 is 0. The highest BCUT2D eigenvalue weighted by molar-refractivity contribution is 5.68. The van der Waals surface area contributed by atoms with Crippen LogP contribution in [0.4, 0.5) is 0 Å². The van der Waals surface area contributed by atoms with Gasteiger partial charge in [-0.25, -0.2) is 0 Å². The summed E-state index contributed by atoms with van der Waals surface area (Å²) in [5.74, 6) is 0. The lowest BCUT2D eigenvalue weighted by molar-refractivity contribution is -0.120. The number of fused-ring (bicyclic) bond motifs is 1. The van der Waals surface area contributed by atoms with Gasteiger partial charge >= 0.3 is 0 Å². The summed E-state index contributed by atoms with van der Waals surface area (Å²) in [6, 6.07) is 17.9. The molecule has 2 aromatic carbocycles. The smallest absolute Gasteiger partial charge is 0.154 e. The van der Waals surface area contributed by atoms with Gasteiger partial charge < -0.3 is 19.1 Å². The second kappa shape index (κ2) is 7.35. The third kappa shape index (κ3) is 3.58. The quantitative estimate of drug-likeness (QED) is 0.532. The molecule has 0 aliphatic carbocycles. The first kappa shape index (κ1) is 18.0. The molecule has 4 rings (SSSR count). The van der Waals surface area contributed by atoms with E-state index in [0.29, 0.717) is 19.7 Å². The molecule has 0 radical (unpaired) electrons. The van der Waals surface area contributed by atoms with Gasteiger partial charge in [0.05, 0.1) is 12.6 Å². The Morgan fingerprint density at radius 2 is 1.93 bits per heavy atom. The van der Waals surface area contributed by atoms with Crippen LogP contribution in [-0.4, -0.2) is 41.8 Å². The third-order valence-electron chi connectivity index (χ3n) is 5.42. The third-order valence-corrected chi connectivity index (χ3v) is 5.42. The maximum atomic E-state index is 11.6. The van der Waals surface area contributed by atoms with Crippen LogP contribution in [-0.2, 0) is 32.2 Å². The van der Waals surface area contributed by atoms with Crippen molar-refractivity contribution < 1.29 is 19.1 Å². The molecule has 0 bridgehead atoms. The van der Waals surface area contributed by atoms with Crippen LogP contribution in [0.3, 0.4) is 0 Å². The van der Waals surface area contributed by atoms with E-state index in [4.69, 9.17) is 9.47 Å². The Bertz CT molecular complexity index is 824. The Morgan fingerprint density at radius 3 is 2.63 bits per heavy atom. The van der Waals surface area contributed by atoms with Gasteiger partial charge in [-0.3, -0.25) is 4.90 Å². The van der Waals surface area contributed by atoms with Gasteiger partial charge in [0.2, 0.25) is 0 Å². The molecule has 27 heavy (non-hydrogen) atoms. The number of hydrogen-bond donors (Lipinski definition) is 0. The minimum absolute atomic E-state index is 0.0424. The van der Waals surface area contributed by atoms with Crippen molar-refractivity contribution >= 4 is 12.6 Å². The minimum Gasteiger partial charge on any atom is -0.365 e. The number of benzene rings is 2. The Hall–Kier alpha value is -2.34. The second-order valence-corrected chi connectivity index (χ2v) is 7.38. The largest absolute Gasteiger partial charge is 0.365 e. The minimum atomic E-state index is -0.748. The molecule has 2 aromatic rings. The molecule has 5 heteroatoms. The van der Waals surface area contributed by atoms with E-state index >= 15 is 0 Å². The molecule has 2 heterocycles. The lowest BCUT2D eigenvalue weighted by atomic mass is 9.96. The van der Waals surface area contributed by atoms with E-state index in [9.17, 15) is 9.59 Å². The van der Waals surface area contributed by atoms with Crippen molar-refractivity contribution in [1.82, 2.24) is 4.90 Å². The molecule has 1 fully saturated rings. The van der Waals surface area contributed by atoms with Gasteiger partial charge in [0, 0.05) is 13.1 Å². The van der Waals surface area contributed by atoms with E-state index in [1.54, 1.807) is 0 Å². The monoisotopic (exact) mass is 365 g/mol. The molecule has 1 saturated heterocycles. The molecule has 5 nitrogen and oxygen atoms in total. The first-order valence-corrected chi connectivity index (χ1v) is 9.21. The van der Waals surface area contributed by atoms with Gasteiger partial charge in [0.15, 0.2) is 6.29 Å². The van der Waals surface area contributed by atoms with E-state index < -0.39 is 11.7 Å². The highest BCUT2D eigenvalue weighted by atomic mass is 16.6. The lowest BCUT2D eigenvalue weighted by Crippen LogP contribution is -2.37. The highest BCUT2D eigenvalue weighted by Crippen LogP contribution is 2.49. The van der Waals surface area contributed by atoms with Crippen LogP contribution < -0.4 is 0 Å². The van der Waals surface area contributed by atoms with Crippen molar-refractivity contribution in [2.75, 3.05) is 6.54 Å². The first-order chi connectivity index (χ1) is 13.1. The molecule has 2 aliphatic heterocycles. The van der Waals surface area contributed by atoms with Crippen LogP contribution in [0, 0.1) is 0 Å². The molecule has 3 unspecified atom stereocenters. The van der Waals surface area contributed by atoms with Gasteiger partial charge in [-0.1, -0.05) is 54.6 Å². The summed E-state index contributed by atoms with van der Waals surface area (Å²) in [6.07, 6.45) is 0.999. The van der Waals surface area contributed by atoms with E-state index in [1.165, 1.54) is 11.1 Å². The first-order valence-electron chi connectivity index (χ1n) is 9.21. The average Bonchev–Trinajstić information content (AvgIpc) is 3.24. The standard InChI is InChI=1S/C22H23NO4/c1-22(15-25)21(27-22)20-19-10-6-5-9-17(19)11-23(20)12-18(13-24)26-14-16-7-3-2-4-8-16/h2-10,13,15,18,20-21H,11-12,14H2,1H3/t18-,20?,21?,22?/m1/s1. The molecular weight excluding hydrogens is 342 g/mol. The fraction of sp³-hybridized carbons (Fsp3) is 0.364. The fourth-order valence-corrected chi connectivity index (χ4v) is 3.87. The van der Waals surface area contributed by atoms with E-state index in [2.05, 4.69) is 17.0 Å². The number of epoxide rings is 1. The molecule has 2 aliphatic rings. The van der Waals surface area contributed by atoms with Crippen molar-refractivity contribution in [3.8, 4) is 0 Å². The second-order valence-electron chi connectivity index (χ2n) is 7.38. The van der Waals surface area contributed by atoms with E-state index in [0.717, 1.165) is 18.1 Å². The van der Waals surface area contributed by atoms with Gasteiger partial charge in [-0.2, -0.15) is 0 Å². The Kier molecular flexibility index (Phi) is 4.91. The summed E-state index contributed by atoms with van der Waals surface area (Å²) in [4.78, 5) is 25.2. The summed E-state index contributed by atoms with van der Waals surface area (Å²) in [7, 11) is 0. The maximum absolute atomic E-state index is 11.6. The Balaban J connectivity index is 1.48. The number of hydrogen-bond acceptors (Lipinski definition) is 5. The van der Waals surface area contributed by atoms with Crippen LogP contribution >= 0.6 is 0 Å². The number of ether oxygens (including phenoxy) is 2. The van der Waals surface area contributed by atoms with E-state index in [1.807, 2.05) is 49.4 Å². The number of nitrogens with zero attached hydrogens (tertiary/aromatic N) is 1. The van der Waals surface area contributed by atoms with E-state index in [-0.39, 0.29) is 12.1 Å². The molecule has 140 valence electrons. The van der Waals surface area contributed by atoms with Crippen molar-refractivity contribution in [2.24, 2.45) is 0 Å². The summed E-state index contributed by atoms with van der Waals surface area (Å²) in [5.41, 5.74) is 2.66. The van der Waals surface area contributed by atoms with Crippen LogP contribution in [0.1, 0.15) is 29.7 Å². The van der Waals surface area contributed by atoms with Gasteiger partial charge in [-0.05, 0) is 23.6 Å². The average molecular weight is 365 g/mol. The Labute approximate surface area is 158 Å². The molecule has 4 atom stereocenters. The SMILES string of the molecule is CC1(C=O)OC1C1c2ccccc2CN1C[C@H](C=O)OCc1ccccc1. The molecular formula is C22H23NO4. The molecule has 0 aromatic heterocycles. The molecule has 0 amide bonds. The topological polar surface area (TPSA) is 59.1 Å². The predicted octanol–water partition coefficient (Wildman–Crippen LogP) is 2.68. The fourth-order valence-electron chi connectivity index (χ4n) is 3.87. The highest BCUT2D eigenvalue weighted by Gasteiger charge is 2.59. The maximum Gasteiger partial charge on any atom is 0.154 e. The van der Waals surface area contributed by atoms with Crippen molar-refractivity contribution in [2.45, 2.75) is 43.9 Å². The summed E-state index contributed by atoms with van der Waals surface area (Å²) in [5, 5.41) is 0. The van der Waals surface area contributed by atoms with Gasteiger partial charge in [-0.15, -0.1) is 0 Å². The zero-order valence-corrected chi connectivity index (χ0v) is 15.3. The number of aldehydes is 2. The normalized spacial score (nSPS) is 27.7. The zero-order chi connectivity index (χ0) is 18.9. The lowest BCUT2D eigenvalue weighted by Gasteiger charge is -2.26. The van der Waals surface area contributed by atoms with Crippen molar-refractivity contribution in [1.29, 1.82) is 0 Å². The van der Waals surface area contributed by atoms with Crippen molar-refractivity contribution in [3.05, 3.63) is 71.3 Å². The van der Waals surface area contributed by atoms with Crippen LogP contribution in [0.25, 0.3) is 0 Å². The van der Waals surface area contributed by atoms with Crippen LogP contribution in [0.2, 0.25) is 0 Å². The van der Waals surface area contributed by atoms with Gasteiger partial charge in [0.1, 0.15) is 24.1 Å². The Morgan fingerprint density at radius 1 is 1.19 bits per heavy atom. The van der Waals surface area contributed by atoms with Gasteiger partial charge in [0.25, 0.3) is 0 Å². The molecule has 0 spiro atoms. The molecule has 0 saturated carbocycles. The van der Waals surface area contributed by atoms with Crippen molar-refractivity contribution in [3.63, 3.8) is 0 Å².